The van der Waals surface area contributed by atoms with Crippen LogP contribution in [0.5, 0.6) is 0 Å². The Morgan fingerprint density at radius 3 is 2.72 bits per heavy atom. The first-order valence-electron chi connectivity index (χ1n) is 8.58. The van der Waals surface area contributed by atoms with Crippen molar-refractivity contribution in [2.75, 3.05) is 39.4 Å². The van der Waals surface area contributed by atoms with E-state index < -0.39 is 0 Å². The number of thiophene rings is 1. The number of benzene rings is 1. The lowest BCUT2D eigenvalue weighted by atomic mass is 10.2. The predicted molar refractivity (Wildman–Crippen MR) is 98.1 cm³/mol. The molecule has 4 nitrogen and oxygen atoms in total. The second-order valence-corrected chi connectivity index (χ2v) is 7.24. The van der Waals surface area contributed by atoms with E-state index in [0.29, 0.717) is 6.61 Å². The molecule has 1 amide bonds. The van der Waals surface area contributed by atoms with Crippen LogP contribution in [0, 0.1) is 5.82 Å². The SMILES string of the molecule is CCOCC(=O)N1CCN(Cc2ccc(-c3cccc(F)c3)s2)CC1. The number of piperazine rings is 1. The second kappa shape index (κ2) is 8.56. The molecule has 3 rings (SSSR count). The minimum atomic E-state index is -0.208. The topological polar surface area (TPSA) is 32.8 Å². The van der Waals surface area contributed by atoms with Gasteiger partial charge in [0.2, 0.25) is 5.91 Å². The summed E-state index contributed by atoms with van der Waals surface area (Å²) in [5.74, 6) is -0.133. The van der Waals surface area contributed by atoms with Crippen LogP contribution in [0.1, 0.15) is 11.8 Å². The smallest absolute Gasteiger partial charge is 0.248 e. The minimum absolute atomic E-state index is 0.0750. The standard InChI is InChI=1S/C19H23FN2O2S/c1-2-24-14-19(23)22-10-8-21(9-11-22)13-17-6-7-18(25-17)15-4-3-5-16(20)12-15/h3-7,12H,2,8-11,13-14H2,1H3. The largest absolute Gasteiger partial charge is 0.372 e. The van der Waals surface area contributed by atoms with E-state index in [-0.39, 0.29) is 18.3 Å². The van der Waals surface area contributed by atoms with Gasteiger partial charge in [-0.05, 0) is 36.8 Å². The Bertz CT molecular complexity index is 711. The molecule has 1 aromatic heterocycles. The highest BCUT2D eigenvalue weighted by Crippen LogP contribution is 2.29. The number of nitrogens with zero attached hydrogens (tertiary/aromatic N) is 2. The average Bonchev–Trinajstić information content (AvgIpc) is 3.09. The van der Waals surface area contributed by atoms with Crippen LogP contribution in [0.2, 0.25) is 0 Å². The van der Waals surface area contributed by atoms with Gasteiger partial charge >= 0.3 is 0 Å². The van der Waals surface area contributed by atoms with Gasteiger partial charge in [0.25, 0.3) is 0 Å². The van der Waals surface area contributed by atoms with Gasteiger partial charge in [-0.15, -0.1) is 11.3 Å². The Balaban J connectivity index is 1.52. The van der Waals surface area contributed by atoms with Crippen LogP contribution in [-0.2, 0) is 16.1 Å². The maximum Gasteiger partial charge on any atom is 0.248 e. The molecule has 2 heterocycles. The van der Waals surface area contributed by atoms with Crippen molar-refractivity contribution >= 4 is 17.2 Å². The third-order valence-electron chi connectivity index (χ3n) is 4.30. The van der Waals surface area contributed by atoms with Gasteiger partial charge in [-0.1, -0.05) is 12.1 Å². The molecule has 1 saturated heterocycles. The number of hydrogen-bond donors (Lipinski definition) is 0. The molecule has 0 aliphatic carbocycles. The summed E-state index contributed by atoms with van der Waals surface area (Å²) in [6, 6.07) is 10.9. The maximum atomic E-state index is 13.4. The fourth-order valence-electron chi connectivity index (χ4n) is 2.92. The summed E-state index contributed by atoms with van der Waals surface area (Å²) >= 11 is 1.70. The summed E-state index contributed by atoms with van der Waals surface area (Å²) < 4.78 is 18.6. The minimum Gasteiger partial charge on any atom is -0.372 e. The molecule has 6 heteroatoms. The molecule has 2 aromatic rings. The van der Waals surface area contributed by atoms with Crippen molar-refractivity contribution in [1.82, 2.24) is 9.80 Å². The van der Waals surface area contributed by atoms with Gasteiger partial charge in [0.05, 0.1) is 0 Å². The van der Waals surface area contributed by atoms with Gasteiger partial charge in [-0.3, -0.25) is 9.69 Å². The fraction of sp³-hybridized carbons (Fsp3) is 0.421. The first kappa shape index (κ1) is 18.0. The normalized spacial score (nSPS) is 15.5. The predicted octanol–water partition coefficient (Wildman–Crippen LogP) is 3.23. The quantitative estimate of drug-likeness (QED) is 0.791. The molecule has 1 aliphatic heterocycles. The molecule has 1 aromatic carbocycles. The van der Waals surface area contributed by atoms with Crippen molar-refractivity contribution in [1.29, 1.82) is 0 Å². The molecule has 1 aliphatic rings. The number of carbonyl (C=O) groups is 1. The Morgan fingerprint density at radius 1 is 1.20 bits per heavy atom. The van der Waals surface area contributed by atoms with E-state index in [2.05, 4.69) is 17.0 Å². The van der Waals surface area contributed by atoms with Crippen molar-refractivity contribution in [3.05, 3.63) is 47.1 Å². The monoisotopic (exact) mass is 362 g/mol. The van der Waals surface area contributed by atoms with Crippen LogP contribution >= 0.6 is 11.3 Å². The van der Waals surface area contributed by atoms with Gasteiger partial charge in [0, 0.05) is 49.1 Å². The van der Waals surface area contributed by atoms with Gasteiger partial charge in [0.1, 0.15) is 12.4 Å². The first-order chi connectivity index (χ1) is 12.2. The summed E-state index contributed by atoms with van der Waals surface area (Å²) in [6.45, 7) is 6.73. The van der Waals surface area contributed by atoms with E-state index in [0.717, 1.165) is 43.2 Å². The molecule has 0 N–H and O–H groups in total. The molecule has 1 fully saturated rings. The lowest BCUT2D eigenvalue weighted by molar-refractivity contribution is -0.137. The highest BCUT2D eigenvalue weighted by Gasteiger charge is 2.21. The lowest BCUT2D eigenvalue weighted by Gasteiger charge is -2.34. The number of ether oxygens (including phenoxy) is 1. The van der Waals surface area contributed by atoms with Gasteiger partial charge in [-0.25, -0.2) is 4.39 Å². The van der Waals surface area contributed by atoms with E-state index in [4.69, 9.17) is 4.74 Å². The zero-order chi connectivity index (χ0) is 17.6. The zero-order valence-corrected chi connectivity index (χ0v) is 15.2. The zero-order valence-electron chi connectivity index (χ0n) is 14.4. The van der Waals surface area contributed by atoms with Crippen molar-refractivity contribution in [3.63, 3.8) is 0 Å². The highest BCUT2D eigenvalue weighted by molar-refractivity contribution is 7.15. The average molecular weight is 362 g/mol. The fourth-order valence-corrected chi connectivity index (χ4v) is 3.96. The first-order valence-corrected chi connectivity index (χ1v) is 9.40. The van der Waals surface area contributed by atoms with Gasteiger partial charge in [0.15, 0.2) is 0 Å². The summed E-state index contributed by atoms with van der Waals surface area (Å²) in [4.78, 5) is 18.5. The highest BCUT2D eigenvalue weighted by atomic mass is 32.1. The van der Waals surface area contributed by atoms with Crippen LogP contribution in [0.3, 0.4) is 0 Å². The number of amides is 1. The van der Waals surface area contributed by atoms with E-state index in [9.17, 15) is 9.18 Å². The van der Waals surface area contributed by atoms with Crippen LogP contribution in [0.15, 0.2) is 36.4 Å². The molecule has 25 heavy (non-hydrogen) atoms. The molecule has 0 bridgehead atoms. The van der Waals surface area contributed by atoms with Crippen molar-refractivity contribution < 1.29 is 13.9 Å². The molecular weight excluding hydrogens is 339 g/mol. The molecule has 0 atom stereocenters. The van der Waals surface area contributed by atoms with Crippen LogP contribution in [0.4, 0.5) is 4.39 Å². The third-order valence-corrected chi connectivity index (χ3v) is 5.42. The molecule has 0 spiro atoms. The van der Waals surface area contributed by atoms with Crippen LogP contribution in [-0.4, -0.2) is 55.1 Å². The Morgan fingerprint density at radius 2 is 2.00 bits per heavy atom. The molecule has 0 unspecified atom stereocenters. The van der Waals surface area contributed by atoms with Crippen molar-refractivity contribution in [2.45, 2.75) is 13.5 Å². The van der Waals surface area contributed by atoms with E-state index in [1.165, 1.54) is 10.9 Å². The summed E-state index contributed by atoms with van der Waals surface area (Å²) in [7, 11) is 0. The Kier molecular flexibility index (Phi) is 6.18. The van der Waals surface area contributed by atoms with Crippen LogP contribution < -0.4 is 0 Å². The number of halogens is 1. The molecular formula is C19H23FN2O2S. The van der Waals surface area contributed by atoms with E-state index in [1.807, 2.05) is 17.9 Å². The number of rotatable bonds is 6. The molecule has 134 valence electrons. The summed E-state index contributed by atoms with van der Waals surface area (Å²) in [5.41, 5.74) is 0.919. The number of carbonyl (C=O) groups excluding carboxylic acids is 1. The van der Waals surface area contributed by atoms with Crippen molar-refractivity contribution in [3.8, 4) is 10.4 Å². The molecule has 0 radical (unpaired) electrons. The Labute approximate surface area is 151 Å². The van der Waals surface area contributed by atoms with E-state index >= 15 is 0 Å². The Hall–Kier alpha value is -1.76. The van der Waals surface area contributed by atoms with Gasteiger partial charge in [-0.2, -0.15) is 0 Å². The molecule has 0 saturated carbocycles. The number of hydrogen-bond acceptors (Lipinski definition) is 4. The van der Waals surface area contributed by atoms with Gasteiger partial charge < -0.3 is 9.64 Å². The summed E-state index contributed by atoms with van der Waals surface area (Å²) in [5, 5.41) is 0. The van der Waals surface area contributed by atoms with Crippen LogP contribution in [0.25, 0.3) is 10.4 Å². The summed E-state index contributed by atoms with van der Waals surface area (Å²) in [6.07, 6.45) is 0. The maximum absolute atomic E-state index is 13.4. The van der Waals surface area contributed by atoms with Crippen molar-refractivity contribution in [2.24, 2.45) is 0 Å². The second-order valence-electron chi connectivity index (χ2n) is 6.07. The third kappa shape index (κ3) is 4.87. The lowest BCUT2D eigenvalue weighted by Crippen LogP contribution is -2.49. The van der Waals surface area contributed by atoms with E-state index in [1.54, 1.807) is 23.5 Å².